The Balaban J connectivity index is 2.29. The molecule has 2 aromatic rings. The molecule has 6 nitrogen and oxygen atoms in total. The highest BCUT2D eigenvalue weighted by Gasteiger charge is 2.23. The molecular weight excluding hydrogens is 330 g/mol. The van der Waals surface area contributed by atoms with Gasteiger partial charge in [-0.25, -0.2) is 0 Å². The molecule has 0 aliphatic carbocycles. The van der Waals surface area contributed by atoms with Gasteiger partial charge in [0.1, 0.15) is 11.4 Å². The van der Waals surface area contributed by atoms with Gasteiger partial charge in [0, 0.05) is 31.4 Å². The molecule has 26 heavy (non-hydrogen) atoms. The van der Waals surface area contributed by atoms with E-state index in [1.54, 1.807) is 32.3 Å². The van der Waals surface area contributed by atoms with Crippen LogP contribution < -0.4 is 21.5 Å². The van der Waals surface area contributed by atoms with Crippen LogP contribution in [0, 0.1) is 12.8 Å². The SMILES string of the molecule is Cc1c(Nc2c(NC(C)CC(C)C)c(=O)c2=O)cccc1C(=O)N(C)C. The fourth-order valence-corrected chi connectivity index (χ4v) is 3.04. The Labute approximate surface area is 153 Å². The number of nitrogens with zero attached hydrogens (tertiary/aromatic N) is 1. The molecule has 2 rings (SSSR count). The fraction of sp³-hybridized carbons (Fsp3) is 0.450. The van der Waals surface area contributed by atoms with Crippen LogP contribution in [-0.4, -0.2) is 30.9 Å². The molecule has 1 atom stereocenters. The van der Waals surface area contributed by atoms with Crippen molar-refractivity contribution in [1.29, 1.82) is 0 Å². The average Bonchev–Trinajstić information content (AvgIpc) is 2.57. The number of anilines is 3. The molecule has 0 bridgehead atoms. The normalized spacial score (nSPS) is 12.3. The van der Waals surface area contributed by atoms with E-state index in [0.717, 1.165) is 12.0 Å². The van der Waals surface area contributed by atoms with Crippen LogP contribution in [0.5, 0.6) is 0 Å². The zero-order valence-electron chi connectivity index (χ0n) is 16.3. The number of nitrogens with one attached hydrogen (secondary N) is 2. The van der Waals surface area contributed by atoms with Crippen molar-refractivity contribution >= 4 is 23.0 Å². The zero-order valence-corrected chi connectivity index (χ0v) is 16.3. The number of benzene rings is 1. The van der Waals surface area contributed by atoms with E-state index in [2.05, 4.69) is 24.5 Å². The van der Waals surface area contributed by atoms with E-state index in [4.69, 9.17) is 0 Å². The molecule has 0 radical (unpaired) electrons. The van der Waals surface area contributed by atoms with Crippen molar-refractivity contribution in [1.82, 2.24) is 4.90 Å². The largest absolute Gasteiger partial charge is 0.377 e. The number of hydrogen-bond donors (Lipinski definition) is 2. The van der Waals surface area contributed by atoms with Crippen molar-refractivity contribution < 1.29 is 4.79 Å². The molecule has 2 aromatic carbocycles. The lowest BCUT2D eigenvalue weighted by molar-refractivity contribution is 0.0827. The van der Waals surface area contributed by atoms with Gasteiger partial charge in [0.25, 0.3) is 16.8 Å². The molecule has 0 aliphatic rings. The summed E-state index contributed by atoms with van der Waals surface area (Å²) in [6, 6.07) is 5.38. The van der Waals surface area contributed by atoms with Crippen molar-refractivity contribution in [3.8, 4) is 0 Å². The summed E-state index contributed by atoms with van der Waals surface area (Å²) in [6.45, 7) is 8.02. The van der Waals surface area contributed by atoms with Crippen molar-refractivity contribution in [3.05, 3.63) is 49.8 Å². The molecular formula is C20H27N3O3. The van der Waals surface area contributed by atoms with Gasteiger partial charge in [0.05, 0.1) is 0 Å². The summed E-state index contributed by atoms with van der Waals surface area (Å²) < 4.78 is 0. The first-order chi connectivity index (χ1) is 12.1. The lowest BCUT2D eigenvalue weighted by Crippen LogP contribution is -2.38. The summed E-state index contributed by atoms with van der Waals surface area (Å²) in [4.78, 5) is 37.8. The number of rotatable bonds is 7. The van der Waals surface area contributed by atoms with Crippen LogP contribution in [0.25, 0.3) is 0 Å². The van der Waals surface area contributed by atoms with Gasteiger partial charge < -0.3 is 15.5 Å². The maximum Gasteiger partial charge on any atom is 0.253 e. The predicted octanol–water partition coefficient (Wildman–Crippen LogP) is 2.88. The summed E-state index contributed by atoms with van der Waals surface area (Å²) in [5.41, 5.74) is 1.50. The van der Waals surface area contributed by atoms with Crippen molar-refractivity contribution in [3.63, 3.8) is 0 Å². The number of hydrogen-bond acceptors (Lipinski definition) is 5. The highest BCUT2D eigenvalue weighted by molar-refractivity contribution is 5.97. The van der Waals surface area contributed by atoms with Crippen LogP contribution in [0.4, 0.5) is 17.1 Å². The zero-order chi connectivity index (χ0) is 19.6. The van der Waals surface area contributed by atoms with Gasteiger partial charge in [-0.3, -0.25) is 14.4 Å². The van der Waals surface area contributed by atoms with Gasteiger partial charge in [-0.2, -0.15) is 0 Å². The summed E-state index contributed by atoms with van der Waals surface area (Å²) in [7, 11) is 3.38. The predicted molar refractivity (Wildman–Crippen MR) is 106 cm³/mol. The standard InChI is InChI=1S/C20H27N3O3/c1-11(2)10-12(3)21-16-17(19(25)18(16)24)22-15-9-7-8-14(13(15)4)20(26)23(5)6/h7-9,11-12,21-22H,10H2,1-6H3. The van der Waals surface area contributed by atoms with E-state index < -0.39 is 10.9 Å². The summed E-state index contributed by atoms with van der Waals surface area (Å²) in [6.07, 6.45) is 0.893. The van der Waals surface area contributed by atoms with Crippen LogP contribution in [-0.2, 0) is 0 Å². The Hall–Kier alpha value is -2.63. The van der Waals surface area contributed by atoms with E-state index in [1.165, 1.54) is 4.90 Å². The second kappa shape index (κ2) is 7.72. The van der Waals surface area contributed by atoms with Crippen molar-refractivity contribution in [2.75, 3.05) is 24.7 Å². The molecule has 140 valence electrons. The lowest BCUT2D eigenvalue weighted by Gasteiger charge is -2.22. The maximum absolute atomic E-state index is 12.3. The number of amides is 1. The Bertz CT molecular complexity index is 877. The monoisotopic (exact) mass is 357 g/mol. The minimum Gasteiger partial charge on any atom is -0.377 e. The third-order valence-corrected chi connectivity index (χ3v) is 4.36. The van der Waals surface area contributed by atoms with E-state index in [1.807, 2.05) is 13.8 Å². The highest BCUT2D eigenvalue weighted by Crippen LogP contribution is 2.26. The first-order valence-corrected chi connectivity index (χ1v) is 8.81. The van der Waals surface area contributed by atoms with Crippen molar-refractivity contribution in [2.24, 2.45) is 5.92 Å². The van der Waals surface area contributed by atoms with Crippen molar-refractivity contribution in [2.45, 2.75) is 40.2 Å². The van der Waals surface area contributed by atoms with E-state index in [9.17, 15) is 14.4 Å². The maximum atomic E-state index is 12.3. The van der Waals surface area contributed by atoms with E-state index in [0.29, 0.717) is 22.9 Å². The van der Waals surface area contributed by atoms with Crippen LogP contribution in [0.3, 0.4) is 0 Å². The summed E-state index contributed by atoms with van der Waals surface area (Å²) >= 11 is 0. The van der Waals surface area contributed by atoms with Crippen LogP contribution in [0.15, 0.2) is 27.8 Å². The van der Waals surface area contributed by atoms with E-state index in [-0.39, 0.29) is 17.6 Å². The average molecular weight is 357 g/mol. The molecule has 0 heterocycles. The molecule has 0 aromatic heterocycles. The van der Waals surface area contributed by atoms with Gasteiger partial charge in [-0.1, -0.05) is 19.9 Å². The Kier molecular flexibility index (Phi) is 5.85. The molecule has 2 N–H and O–H groups in total. The topological polar surface area (TPSA) is 78.5 Å². The highest BCUT2D eigenvalue weighted by atomic mass is 16.2. The van der Waals surface area contributed by atoms with Gasteiger partial charge in [-0.05, 0) is 43.9 Å². The van der Waals surface area contributed by atoms with Gasteiger partial charge in [-0.15, -0.1) is 0 Å². The van der Waals surface area contributed by atoms with Crippen LogP contribution in [0.2, 0.25) is 0 Å². The molecule has 6 heteroatoms. The first-order valence-electron chi connectivity index (χ1n) is 8.81. The van der Waals surface area contributed by atoms with E-state index >= 15 is 0 Å². The fourth-order valence-electron chi connectivity index (χ4n) is 3.04. The molecule has 0 saturated carbocycles. The van der Waals surface area contributed by atoms with Crippen LogP contribution >= 0.6 is 0 Å². The summed E-state index contributed by atoms with van der Waals surface area (Å²) in [5, 5.41) is 6.19. The quantitative estimate of drug-likeness (QED) is 0.745. The number of carbonyl (C=O) groups is 1. The summed E-state index contributed by atoms with van der Waals surface area (Å²) in [5.74, 6) is 0.372. The second-order valence-corrected chi connectivity index (χ2v) is 7.39. The second-order valence-electron chi connectivity index (χ2n) is 7.39. The lowest BCUT2D eigenvalue weighted by atomic mass is 10.0. The molecule has 1 amide bonds. The van der Waals surface area contributed by atoms with Gasteiger partial charge in [0.2, 0.25) is 0 Å². The minimum atomic E-state index is -0.534. The molecule has 0 aliphatic heterocycles. The van der Waals surface area contributed by atoms with Gasteiger partial charge in [0.15, 0.2) is 0 Å². The molecule has 1 unspecified atom stereocenters. The Morgan fingerprint density at radius 1 is 1.08 bits per heavy atom. The minimum absolute atomic E-state index is 0.0848. The molecule has 0 fully saturated rings. The smallest absolute Gasteiger partial charge is 0.253 e. The van der Waals surface area contributed by atoms with Gasteiger partial charge >= 0.3 is 0 Å². The third-order valence-electron chi connectivity index (χ3n) is 4.36. The third kappa shape index (κ3) is 3.95. The molecule has 0 spiro atoms. The van der Waals surface area contributed by atoms with Crippen LogP contribution in [0.1, 0.15) is 43.1 Å². The molecule has 0 saturated heterocycles. The number of carbonyl (C=O) groups excluding carboxylic acids is 1. The first kappa shape index (κ1) is 19.7. The Morgan fingerprint density at radius 3 is 2.27 bits per heavy atom. The Morgan fingerprint density at radius 2 is 1.69 bits per heavy atom.